The van der Waals surface area contributed by atoms with E-state index in [4.69, 9.17) is 0 Å². The summed E-state index contributed by atoms with van der Waals surface area (Å²) in [4.78, 5) is 48.6. The van der Waals surface area contributed by atoms with Crippen molar-refractivity contribution >= 4 is 22.7 Å². The van der Waals surface area contributed by atoms with E-state index in [1.165, 1.54) is 12.1 Å². The first-order valence-corrected chi connectivity index (χ1v) is 11.4. The SMILES string of the molecule is CCN(Cc1nc2ccccc2c(=O)[nH]1)C(=O)C1CCN(C(=O)c2ccc(C(F)(F)F)cc2)CC1. The van der Waals surface area contributed by atoms with Gasteiger partial charge in [0.2, 0.25) is 5.91 Å². The number of carbonyl (C=O) groups excluding carboxylic acids is 2. The Hall–Kier alpha value is -3.69. The smallest absolute Gasteiger partial charge is 0.339 e. The summed E-state index contributed by atoms with van der Waals surface area (Å²) in [7, 11) is 0. The van der Waals surface area contributed by atoms with Crippen LogP contribution in [0.4, 0.5) is 13.2 Å². The topological polar surface area (TPSA) is 86.4 Å². The molecule has 184 valence electrons. The van der Waals surface area contributed by atoms with Gasteiger partial charge in [0.15, 0.2) is 0 Å². The number of aromatic nitrogens is 2. The Morgan fingerprint density at radius 1 is 1.09 bits per heavy atom. The zero-order valence-electron chi connectivity index (χ0n) is 19.1. The summed E-state index contributed by atoms with van der Waals surface area (Å²) in [6.07, 6.45) is -3.56. The second-order valence-corrected chi connectivity index (χ2v) is 8.52. The van der Waals surface area contributed by atoms with Gasteiger partial charge in [0.1, 0.15) is 5.82 Å². The molecule has 1 aliphatic rings. The van der Waals surface area contributed by atoms with Crippen molar-refractivity contribution in [1.29, 1.82) is 0 Å². The van der Waals surface area contributed by atoms with Crippen LogP contribution in [0.2, 0.25) is 0 Å². The highest BCUT2D eigenvalue weighted by molar-refractivity contribution is 5.94. The Morgan fingerprint density at radius 3 is 2.37 bits per heavy atom. The van der Waals surface area contributed by atoms with Crippen LogP contribution in [-0.2, 0) is 17.5 Å². The Kier molecular flexibility index (Phi) is 6.90. The molecular weight excluding hydrogens is 461 g/mol. The van der Waals surface area contributed by atoms with Crippen LogP contribution in [0.15, 0.2) is 53.3 Å². The number of aromatic amines is 1. The Morgan fingerprint density at radius 2 is 1.74 bits per heavy atom. The molecule has 0 saturated carbocycles. The van der Waals surface area contributed by atoms with Crippen molar-refractivity contribution in [3.8, 4) is 0 Å². The number of likely N-dealkylation sites (tertiary alicyclic amines) is 1. The van der Waals surface area contributed by atoms with Crippen LogP contribution in [0.25, 0.3) is 10.9 Å². The number of fused-ring (bicyclic) bond motifs is 1. The zero-order valence-corrected chi connectivity index (χ0v) is 19.1. The first-order valence-electron chi connectivity index (χ1n) is 11.4. The fourth-order valence-corrected chi connectivity index (χ4v) is 4.31. The minimum Gasteiger partial charge on any atom is -0.339 e. The van der Waals surface area contributed by atoms with Crippen molar-refractivity contribution in [1.82, 2.24) is 19.8 Å². The molecule has 0 radical (unpaired) electrons. The number of hydrogen-bond acceptors (Lipinski definition) is 4. The third-order valence-corrected chi connectivity index (χ3v) is 6.29. The largest absolute Gasteiger partial charge is 0.416 e. The predicted octanol–water partition coefficient (Wildman–Crippen LogP) is 3.84. The number of hydrogen-bond donors (Lipinski definition) is 1. The van der Waals surface area contributed by atoms with Crippen LogP contribution in [0.5, 0.6) is 0 Å². The van der Waals surface area contributed by atoms with Crippen LogP contribution in [-0.4, -0.2) is 51.2 Å². The summed E-state index contributed by atoms with van der Waals surface area (Å²) in [6, 6.07) is 11.1. The molecule has 2 heterocycles. The lowest BCUT2D eigenvalue weighted by Gasteiger charge is -2.34. The molecule has 0 spiro atoms. The number of benzene rings is 2. The molecule has 4 rings (SSSR count). The lowest BCUT2D eigenvalue weighted by atomic mass is 9.94. The number of para-hydroxylation sites is 1. The number of amides is 2. The Bertz CT molecular complexity index is 1280. The molecule has 1 saturated heterocycles. The monoisotopic (exact) mass is 486 g/mol. The summed E-state index contributed by atoms with van der Waals surface area (Å²) in [5.41, 5.74) is -0.321. The standard InChI is InChI=1S/C25H25F3N4O3/c1-2-31(15-21-29-20-6-4-3-5-19(20)22(33)30-21)23(34)17-11-13-32(14-12-17)24(35)16-7-9-18(10-8-16)25(26,27)28/h3-10,17H,2,11-15H2,1H3,(H,29,30,33). The summed E-state index contributed by atoms with van der Waals surface area (Å²) >= 11 is 0. The highest BCUT2D eigenvalue weighted by Crippen LogP contribution is 2.29. The Labute approximate surface area is 199 Å². The summed E-state index contributed by atoms with van der Waals surface area (Å²) in [5.74, 6) is -0.322. The predicted molar refractivity (Wildman–Crippen MR) is 124 cm³/mol. The van der Waals surface area contributed by atoms with Crippen molar-refractivity contribution in [3.63, 3.8) is 0 Å². The van der Waals surface area contributed by atoms with Crippen LogP contribution < -0.4 is 5.56 Å². The van der Waals surface area contributed by atoms with E-state index in [0.29, 0.717) is 49.2 Å². The van der Waals surface area contributed by atoms with Gasteiger partial charge in [0.05, 0.1) is 23.0 Å². The van der Waals surface area contributed by atoms with Gasteiger partial charge in [-0.1, -0.05) is 12.1 Å². The van der Waals surface area contributed by atoms with E-state index in [1.807, 2.05) is 6.92 Å². The van der Waals surface area contributed by atoms with Crippen molar-refractivity contribution in [2.24, 2.45) is 5.92 Å². The molecule has 10 heteroatoms. The second kappa shape index (κ2) is 9.89. The van der Waals surface area contributed by atoms with Crippen molar-refractivity contribution in [2.45, 2.75) is 32.5 Å². The first-order chi connectivity index (χ1) is 16.7. The van der Waals surface area contributed by atoms with Crippen molar-refractivity contribution in [3.05, 3.63) is 75.8 Å². The number of alkyl halides is 3. The maximum Gasteiger partial charge on any atom is 0.416 e. The molecule has 0 aliphatic carbocycles. The third-order valence-electron chi connectivity index (χ3n) is 6.29. The number of carbonyl (C=O) groups is 2. The van der Waals surface area contributed by atoms with E-state index in [-0.39, 0.29) is 35.4 Å². The van der Waals surface area contributed by atoms with Gasteiger partial charge in [-0.05, 0) is 56.2 Å². The quantitative estimate of drug-likeness (QED) is 0.594. The molecule has 1 aromatic heterocycles. The number of nitrogens with zero attached hydrogens (tertiary/aromatic N) is 3. The number of H-pyrrole nitrogens is 1. The molecular formula is C25H25F3N4O3. The minimum atomic E-state index is -4.46. The van der Waals surface area contributed by atoms with Crippen LogP contribution in [0.1, 0.15) is 41.5 Å². The van der Waals surface area contributed by atoms with Gasteiger partial charge < -0.3 is 14.8 Å². The van der Waals surface area contributed by atoms with Crippen molar-refractivity contribution in [2.75, 3.05) is 19.6 Å². The highest BCUT2D eigenvalue weighted by atomic mass is 19.4. The molecule has 35 heavy (non-hydrogen) atoms. The van der Waals surface area contributed by atoms with Gasteiger partial charge in [0.25, 0.3) is 11.5 Å². The zero-order chi connectivity index (χ0) is 25.2. The van der Waals surface area contributed by atoms with E-state index in [0.717, 1.165) is 12.1 Å². The van der Waals surface area contributed by atoms with Crippen molar-refractivity contribution < 1.29 is 22.8 Å². The molecule has 0 bridgehead atoms. The molecule has 2 amide bonds. The number of halogens is 3. The Balaban J connectivity index is 1.38. The van der Waals surface area contributed by atoms with E-state index in [2.05, 4.69) is 9.97 Å². The van der Waals surface area contributed by atoms with Crippen LogP contribution >= 0.6 is 0 Å². The molecule has 0 unspecified atom stereocenters. The lowest BCUT2D eigenvalue weighted by molar-refractivity contribution is -0.138. The molecule has 1 aliphatic heterocycles. The van der Waals surface area contributed by atoms with Gasteiger partial charge >= 0.3 is 6.18 Å². The molecule has 1 fully saturated rings. The van der Waals surface area contributed by atoms with Gasteiger partial charge in [-0.15, -0.1) is 0 Å². The average molecular weight is 486 g/mol. The van der Waals surface area contributed by atoms with Gasteiger partial charge in [-0.2, -0.15) is 13.2 Å². The van der Waals surface area contributed by atoms with Gasteiger partial charge in [-0.3, -0.25) is 14.4 Å². The lowest BCUT2D eigenvalue weighted by Crippen LogP contribution is -2.44. The highest BCUT2D eigenvalue weighted by Gasteiger charge is 2.32. The second-order valence-electron chi connectivity index (χ2n) is 8.52. The maximum absolute atomic E-state index is 13.2. The average Bonchev–Trinajstić information content (AvgIpc) is 2.86. The maximum atomic E-state index is 13.2. The molecule has 3 aromatic rings. The fourth-order valence-electron chi connectivity index (χ4n) is 4.31. The van der Waals surface area contributed by atoms with E-state index in [9.17, 15) is 27.6 Å². The van der Waals surface area contributed by atoms with E-state index < -0.39 is 11.7 Å². The summed E-state index contributed by atoms with van der Waals surface area (Å²) in [5, 5.41) is 0.482. The van der Waals surface area contributed by atoms with Crippen LogP contribution in [0.3, 0.4) is 0 Å². The molecule has 7 nitrogen and oxygen atoms in total. The summed E-state index contributed by atoms with van der Waals surface area (Å²) < 4.78 is 38.3. The number of piperidine rings is 1. The third kappa shape index (κ3) is 5.36. The molecule has 0 atom stereocenters. The molecule has 2 aromatic carbocycles. The molecule has 1 N–H and O–H groups in total. The van der Waals surface area contributed by atoms with Crippen LogP contribution in [0, 0.1) is 5.92 Å². The minimum absolute atomic E-state index is 0.0788. The van der Waals surface area contributed by atoms with Gasteiger partial charge in [0, 0.05) is 31.1 Å². The summed E-state index contributed by atoms with van der Waals surface area (Å²) in [6.45, 7) is 3.11. The van der Waals surface area contributed by atoms with E-state index in [1.54, 1.807) is 34.1 Å². The van der Waals surface area contributed by atoms with Gasteiger partial charge in [-0.25, -0.2) is 4.98 Å². The normalized spacial score (nSPS) is 14.8. The number of rotatable bonds is 5. The van der Waals surface area contributed by atoms with E-state index >= 15 is 0 Å². The fraction of sp³-hybridized carbons (Fsp3) is 0.360. The first kappa shape index (κ1) is 24.4. The number of nitrogens with one attached hydrogen (secondary N) is 1.